The number of nitrogens with two attached hydrogens (primary N) is 1. The van der Waals surface area contributed by atoms with Gasteiger partial charge >= 0.3 is 0 Å². The van der Waals surface area contributed by atoms with E-state index in [4.69, 9.17) is 5.84 Å². The van der Waals surface area contributed by atoms with E-state index in [-0.39, 0.29) is 5.91 Å². The number of hydrazine groups is 1. The molecule has 0 radical (unpaired) electrons. The van der Waals surface area contributed by atoms with Gasteiger partial charge in [-0.1, -0.05) is 13.3 Å². The molecule has 0 bridgehead atoms. The predicted molar refractivity (Wildman–Crippen MR) is 80.2 cm³/mol. The maximum absolute atomic E-state index is 12.4. The summed E-state index contributed by atoms with van der Waals surface area (Å²) in [6.45, 7) is 2.25. The predicted octanol–water partition coefficient (Wildman–Crippen LogP) is 2.41. The van der Waals surface area contributed by atoms with Crippen LogP contribution in [0, 0.1) is 5.92 Å². The summed E-state index contributed by atoms with van der Waals surface area (Å²) in [7, 11) is 1.90. The molecular formula is C15H24N4O. The van der Waals surface area contributed by atoms with Gasteiger partial charge in [-0.05, 0) is 43.7 Å². The third-order valence-electron chi connectivity index (χ3n) is 4.42. The summed E-state index contributed by atoms with van der Waals surface area (Å²) in [6, 6.07) is 3.84. The van der Waals surface area contributed by atoms with E-state index in [0.717, 1.165) is 18.8 Å². The zero-order chi connectivity index (χ0) is 14.5. The van der Waals surface area contributed by atoms with Crippen LogP contribution in [0.3, 0.4) is 0 Å². The van der Waals surface area contributed by atoms with Gasteiger partial charge in [0.1, 0.15) is 5.82 Å². The number of amides is 1. The Hall–Kier alpha value is -1.62. The minimum atomic E-state index is 0.0426. The summed E-state index contributed by atoms with van der Waals surface area (Å²) in [6.07, 6.45) is 7.50. The number of aromatic nitrogens is 1. The molecule has 1 aromatic rings. The summed E-state index contributed by atoms with van der Waals surface area (Å²) >= 11 is 0. The van der Waals surface area contributed by atoms with Crippen LogP contribution in [-0.2, 0) is 0 Å². The highest BCUT2D eigenvalue weighted by atomic mass is 16.2. The number of pyridine rings is 1. The summed E-state index contributed by atoms with van der Waals surface area (Å²) in [5, 5.41) is 0. The molecule has 0 atom stereocenters. The molecule has 5 nitrogen and oxygen atoms in total. The van der Waals surface area contributed by atoms with Gasteiger partial charge in [-0.25, -0.2) is 10.8 Å². The molecule has 1 heterocycles. The Labute approximate surface area is 120 Å². The van der Waals surface area contributed by atoms with Crippen LogP contribution in [-0.4, -0.2) is 28.9 Å². The van der Waals surface area contributed by atoms with Gasteiger partial charge in [0.15, 0.2) is 0 Å². The van der Waals surface area contributed by atoms with Crippen LogP contribution in [0.4, 0.5) is 5.82 Å². The zero-order valence-electron chi connectivity index (χ0n) is 12.3. The minimum Gasteiger partial charge on any atom is -0.339 e. The summed E-state index contributed by atoms with van der Waals surface area (Å²) < 4.78 is 0. The van der Waals surface area contributed by atoms with Crippen molar-refractivity contribution in [1.29, 1.82) is 0 Å². The number of rotatable bonds is 4. The van der Waals surface area contributed by atoms with E-state index in [0.29, 0.717) is 17.4 Å². The monoisotopic (exact) mass is 276 g/mol. The zero-order valence-corrected chi connectivity index (χ0v) is 12.3. The van der Waals surface area contributed by atoms with E-state index < -0.39 is 0 Å². The molecule has 1 aromatic heterocycles. The number of carbonyl (C=O) groups excluding carboxylic acids is 1. The van der Waals surface area contributed by atoms with Crippen molar-refractivity contribution in [2.75, 3.05) is 12.5 Å². The maximum Gasteiger partial charge on any atom is 0.255 e. The molecular weight excluding hydrogens is 252 g/mol. The quantitative estimate of drug-likeness (QED) is 0.654. The van der Waals surface area contributed by atoms with E-state index in [1.807, 2.05) is 11.9 Å². The lowest BCUT2D eigenvalue weighted by Crippen LogP contribution is -2.39. The van der Waals surface area contributed by atoms with Gasteiger partial charge in [-0.15, -0.1) is 0 Å². The number of nitrogens with zero attached hydrogens (tertiary/aromatic N) is 2. The molecule has 20 heavy (non-hydrogen) atoms. The van der Waals surface area contributed by atoms with Crippen molar-refractivity contribution in [3.8, 4) is 0 Å². The summed E-state index contributed by atoms with van der Waals surface area (Å²) in [5.74, 6) is 6.72. The first-order chi connectivity index (χ1) is 9.65. The normalized spacial score (nSPS) is 22.4. The van der Waals surface area contributed by atoms with Crippen molar-refractivity contribution < 1.29 is 4.79 Å². The SMILES string of the molecule is CCC1CCC(N(C)C(=O)c2ccc(NN)nc2)CC1. The number of hydrogen-bond acceptors (Lipinski definition) is 4. The maximum atomic E-state index is 12.4. The van der Waals surface area contributed by atoms with E-state index in [1.165, 1.54) is 19.3 Å². The first kappa shape index (κ1) is 14.8. The molecule has 1 saturated carbocycles. The highest BCUT2D eigenvalue weighted by molar-refractivity contribution is 5.94. The third kappa shape index (κ3) is 3.28. The third-order valence-corrected chi connectivity index (χ3v) is 4.42. The van der Waals surface area contributed by atoms with Crippen LogP contribution >= 0.6 is 0 Å². The second-order valence-electron chi connectivity index (χ2n) is 5.58. The second-order valence-corrected chi connectivity index (χ2v) is 5.58. The summed E-state index contributed by atoms with van der Waals surface area (Å²) in [5.41, 5.74) is 3.08. The fourth-order valence-electron chi connectivity index (χ4n) is 2.92. The first-order valence-electron chi connectivity index (χ1n) is 7.35. The molecule has 1 aliphatic carbocycles. The molecule has 0 spiro atoms. The molecule has 2 rings (SSSR count). The molecule has 0 aromatic carbocycles. The second kappa shape index (κ2) is 6.70. The molecule has 110 valence electrons. The lowest BCUT2D eigenvalue weighted by molar-refractivity contribution is 0.0674. The van der Waals surface area contributed by atoms with Crippen LogP contribution in [0.1, 0.15) is 49.4 Å². The van der Waals surface area contributed by atoms with Crippen molar-refractivity contribution in [1.82, 2.24) is 9.88 Å². The van der Waals surface area contributed by atoms with Gasteiger partial charge in [-0.2, -0.15) is 0 Å². The van der Waals surface area contributed by atoms with Crippen LogP contribution in [0.2, 0.25) is 0 Å². The average Bonchev–Trinajstić information content (AvgIpc) is 2.53. The van der Waals surface area contributed by atoms with Gasteiger partial charge in [0, 0.05) is 19.3 Å². The van der Waals surface area contributed by atoms with E-state index in [9.17, 15) is 4.79 Å². The standard InChI is InChI=1S/C15H24N4O/c1-3-11-4-7-13(8-5-11)19(2)15(20)12-6-9-14(18-16)17-10-12/h6,9-11,13H,3-5,7-8,16H2,1-2H3,(H,17,18). The van der Waals surface area contributed by atoms with Gasteiger partial charge in [0.05, 0.1) is 5.56 Å². The van der Waals surface area contributed by atoms with Crippen LogP contribution in [0.5, 0.6) is 0 Å². The number of carbonyl (C=O) groups is 1. The van der Waals surface area contributed by atoms with E-state index >= 15 is 0 Å². The number of hydrogen-bond donors (Lipinski definition) is 2. The van der Waals surface area contributed by atoms with Crippen LogP contribution in [0.15, 0.2) is 18.3 Å². The lowest BCUT2D eigenvalue weighted by atomic mass is 9.84. The molecule has 0 unspecified atom stereocenters. The van der Waals surface area contributed by atoms with Crippen molar-refractivity contribution in [3.05, 3.63) is 23.9 Å². The Morgan fingerprint density at radius 1 is 1.40 bits per heavy atom. The molecule has 0 saturated heterocycles. The van der Waals surface area contributed by atoms with E-state index in [1.54, 1.807) is 18.3 Å². The lowest BCUT2D eigenvalue weighted by Gasteiger charge is -2.34. The van der Waals surface area contributed by atoms with Crippen molar-refractivity contribution >= 4 is 11.7 Å². The molecule has 0 aliphatic heterocycles. The van der Waals surface area contributed by atoms with Crippen LogP contribution < -0.4 is 11.3 Å². The van der Waals surface area contributed by atoms with Gasteiger partial charge in [0.2, 0.25) is 0 Å². The summed E-state index contributed by atoms with van der Waals surface area (Å²) in [4.78, 5) is 18.4. The largest absolute Gasteiger partial charge is 0.339 e. The Kier molecular flexibility index (Phi) is 4.95. The highest BCUT2D eigenvalue weighted by Gasteiger charge is 2.26. The topological polar surface area (TPSA) is 71.2 Å². The molecule has 3 N–H and O–H groups in total. The van der Waals surface area contributed by atoms with Gasteiger partial charge < -0.3 is 10.3 Å². The van der Waals surface area contributed by atoms with Gasteiger partial charge in [-0.3, -0.25) is 4.79 Å². The Morgan fingerprint density at radius 3 is 2.60 bits per heavy atom. The minimum absolute atomic E-state index is 0.0426. The Bertz CT molecular complexity index is 438. The van der Waals surface area contributed by atoms with E-state index in [2.05, 4.69) is 17.3 Å². The number of nitrogens with one attached hydrogen (secondary N) is 1. The Balaban J connectivity index is 1.97. The fourth-order valence-corrected chi connectivity index (χ4v) is 2.92. The number of nitrogen functional groups attached to an aromatic ring is 1. The molecule has 1 amide bonds. The average molecular weight is 276 g/mol. The Morgan fingerprint density at radius 2 is 2.10 bits per heavy atom. The molecule has 5 heteroatoms. The fraction of sp³-hybridized carbons (Fsp3) is 0.600. The van der Waals surface area contributed by atoms with Crippen molar-refractivity contribution in [2.45, 2.75) is 45.1 Å². The first-order valence-corrected chi connectivity index (χ1v) is 7.35. The van der Waals surface area contributed by atoms with Crippen molar-refractivity contribution in [2.24, 2.45) is 11.8 Å². The van der Waals surface area contributed by atoms with Crippen molar-refractivity contribution in [3.63, 3.8) is 0 Å². The molecule has 1 aliphatic rings. The smallest absolute Gasteiger partial charge is 0.255 e. The number of anilines is 1. The highest BCUT2D eigenvalue weighted by Crippen LogP contribution is 2.29. The van der Waals surface area contributed by atoms with Crippen LogP contribution in [0.25, 0.3) is 0 Å². The molecule has 1 fully saturated rings. The van der Waals surface area contributed by atoms with Gasteiger partial charge in [0.25, 0.3) is 5.91 Å².